The molecular formula is C18H23FN4O9. The zero-order chi connectivity index (χ0) is 24.3. The van der Waals surface area contributed by atoms with Crippen LogP contribution in [0.5, 0.6) is 0 Å². The fraction of sp³-hybridized carbons (Fsp3) is 0.444. The molecule has 1 rings (SSSR count). The summed E-state index contributed by atoms with van der Waals surface area (Å²) in [7, 11) is 0. The van der Waals surface area contributed by atoms with Gasteiger partial charge in [-0.1, -0.05) is 0 Å². The Bertz CT molecular complexity index is 834. The Labute approximate surface area is 180 Å². The average molecular weight is 458 g/mol. The highest BCUT2D eigenvalue weighted by Crippen LogP contribution is 2.09. The minimum atomic E-state index is -1.71. The van der Waals surface area contributed by atoms with E-state index in [1.807, 2.05) is 5.32 Å². The summed E-state index contributed by atoms with van der Waals surface area (Å²) in [6.45, 7) is 0.121. The van der Waals surface area contributed by atoms with E-state index in [4.69, 9.17) is 10.2 Å². The van der Waals surface area contributed by atoms with E-state index in [0.29, 0.717) is 0 Å². The number of nitrogens with one attached hydrogen (secondary N) is 2. The van der Waals surface area contributed by atoms with Crippen molar-refractivity contribution in [2.24, 2.45) is 0 Å². The van der Waals surface area contributed by atoms with Crippen LogP contribution in [0.25, 0.3) is 0 Å². The molecule has 2 unspecified atom stereocenters. The molecule has 1 heterocycles. The van der Waals surface area contributed by atoms with Crippen LogP contribution in [0.3, 0.4) is 0 Å². The van der Waals surface area contributed by atoms with Gasteiger partial charge in [-0.2, -0.15) is 9.45 Å². The zero-order valence-corrected chi connectivity index (χ0v) is 16.7. The minimum absolute atomic E-state index is 0.121. The van der Waals surface area contributed by atoms with E-state index < -0.39 is 60.7 Å². The maximum atomic E-state index is 12.7. The number of halogens is 1. The first-order valence-electron chi connectivity index (χ1n) is 9.38. The molecule has 32 heavy (non-hydrogen) atoms. The Morgan fingerprint density at radius 3 is 2.25 bits per heavy atom. The first-order valence-corrected chi connectivity index (χ1v) is 9.38. The molecule has 1 aromatic heterocycles. The number of urea groups is 1. The summed E-state index contributed by atoms with van der Waals surface area (Å²) in [6.07, 6.45) is 0.227. The molecule has 176 valence electrons. The van der Waals surface area contributed by atoms with Gasteiger partial charge in [-0.25, -0.2) is 19.4 Å². The second-order valence-electron chi connectivity index (χ2n) is 6.59. The summed E-state index contributed by atoms with van der Waals surface area (Å²) in [5, 5.41) is 41.0. The molecule has 0 saturated heterocycles. The highest BCUT2D eigenvalue weighted by atomic mass is 19.1. The lowest BCUT2D eigenvalue weighted by Crippen LogP contribution is -2.52. The Kier molecular flexibility index (Phi) is 10.5. The summed E-state index contributed by atoms with van der Waals surface area (Å²) >= 11 is 0. The third kappa shape index (κ3) is 8.91. The fourth-order valence-electron chi connectivity index (χ4n) is 2.51. The quantitative estimate of drug-likeness (QED) is 0.103. The van der Waals surface area contributed by atoms with Gasteiger partial charge in [-0.3, -0.25) is 14.8 Å². The molecule has 0 fully saturated rings. The fourth-order valence-corrected chi connectivity index (χ4v) is 2.51. The van der Waals surface area contributed by atoms with Crippen LogP contribution in [0.1, 0.15) is 42.5 Å². The molecule has 0 saturated carbocycles. The number of carbonyl (C=O) groups is 5. The van der Waals surface area contributed by atoms with E-state index >= 15 is 0 Å². The van der Waals surface area contributed by atoms with Crippen molar-refractivity contribution in [3.05, 3.63) is 29.8 Å². The van der Waals surface area contributed by atoms with Crippen molar-refractivity contribution in [2.45, 2.75) is 44.2 Å². The van der Waals surface area contributed by atoms with Gasteiger partial charge in [-0.05, 0) is 37.8 Å². The predicted molar refractivity (Wildman–Crippen MR) is 102 cm³/mol. The maximum Gasteiger partial charge on any atom is 0.342 e. The third-order valence-electron chi connectivity index (χ3n) is 4.21. The molecule has 1 aromatic rings. The normalized spacial score (nSPS) is 12.3. The van der Waals surface area contributed by atoms with Crippen LogP contribution in [0.4, 0.5) is 9.18 Å². The van der Waals surface area contributed by atoms with Crippen molar-refractivity contribution in [1.29, 1.82) is 0 Å². The lowest BCUT2D eigenvalue weighted by Gasteiger charge is -2.24. The number of hydrogen-bond acceptors (Lipinski definition) is 7. The molecule has 13 nitrogen and oxygen atoms in total. The van der Waals surface area contributed by atoms with Crippen LogP contribution in [0, 0.1) is 5.95 Å². The molecule has 0 aliphatic rings. The Balaban J connectivity index is 2.51. The number of carbonyl (C=O) groups excluding carboxylic acids is 2. The van der Waals surface area contributed by atoms with E-state index in [1.54, 1.807) is 0 Å². The van der Waals surface area contributed by atoms with Crippen molar-refractivity contribution < 1.29 is 48.9 Å². The van der Waals surface area contributed by atoms with Gasteiger partial charge in [0.25, 0.3) is 5.91 Å². The van der Waals surface area contributed by atoms with Crippen LogP contribution >= 0.6 is 0 Å². The van der Waals surface area contributed by atoms with Crippen molar-refractivity contribution in [3.8, 4) is 0 Å². The van der Waals surface area contributed by atoms with Crippen LogP contribution in [-0.2, 0) is 14.4 Å². The topological polar surface area (TPSA) is 206 Å². The van der Waals surface area contributed by atoms with Crippen molar-refractivity contribution in [2.75, 3.05) is 6.54 Å². The number of unbranched alkanes of at least 4 members (excludes halogenated alkanes) is 1. The van der Waals surface area contributed by atoms with Crippen molar-refractivity contribution >= 4 is 29.8 Å². The Morgan fingerprint density at radius 2 is 1.72 bits per heavy atom. The minimum Gasteiger partial charge on any atom is -0.481 e. The number of amides is 3. The number of hydroxylamine groups is 2. The molecule has 3 amide bonds. The first-order chi connectivity index (χ1) is 15.0. The molecular weight excluding hydrogens is 435 g/mol. The van der Waals surface area contributed by atoms with Crippen LogP contribution in [0.2, 0.25) is 0 Å². The van der Waals surface area contributed by atoms with E-state index in [-0.39, 0.29) is 36.4 Å². The monoisotopic (exact) mass is 458 g/mol. The molecule has 2 atom stereocenters. The third-order valence-corrected chi connectivity index (χ3v) is 4.21. The van der Waals surface area contributed by atoms with Gasteiger partial charge < -0.3 is 26.0 Å². The second kappa shape index (κ2) is 12.8. The summed E-state index contributed by atoms with van der Waals surface area (Å²) in [6, 6.07) is -2.50. The zero-order valence-electron chi connectivity index (χ0n) is 16.7. The van der Waals surface area contributed by atoms with Crippen molar-refractivity contribution in [3.63, 3.8) is 0 Å². The van der Waals surface area contributed by atoms with Gasteiger partial charge in [0, 0.05) is 19.2 Å². The van der Waals surface area contributed by atoms with Crippen LogP contribution in [-0.4, -0.2) is 79.0 Å². The Morgan fingerprint density at radius 1 is 1.03 bits per heavy atom. The van der Waals surface area contributed by atoms with E-state index in [1.165, 1.54) is 6.07 Å². The number of aliphatic carboxylic acids is 3. The Hall–Kier alpha value is -3.81. The number of carboxylic acid groups (broad SMARTS) is 3. The van der Waals surface area contributed by atoms with Gasteiger partial charge in [0.15, 0.2) is 6.04 Å². The molecule has 0 radical (unpaired) electrons. The smallest absolute Gasteiger partial charge is 0.342 e. The van der Waals surface area contributed by atoms with Crippen LogP contribution < -0.4 is 10.6 Å². The van der Waals surface area contributed by atoms with Gasteiger partial charge in [0.2, 0.25) is 5.95 Å². The van der Waals surface area contributed by atoms with Gasteiger partial charge in [0.05, 0.1) is 5.56 Å². The highest BCUT2D eigenvalue weighted by Gasteiger charge is 2.31. The molecule has 14 heteroatoms. The maximum absolute atomic E-state index is 12.7. The molecule has 0 aromatic carbocycles. The average Bonchev–Trinajstić information content (AvgIpc) is 2.72. The van der Waals surface area contributed by atoms with Gasteiger partial charge >= 0.3 is 23.9 Å². The number of aromatic nitrogens is 1. The lowest BCUT2D eigenvalue weighted by atomic mass is 10.1. The molecule has 0 aliphatic heterocycles. The number of nitrogens with zero attached hydrogens (tertiary/aromatic N) is 2. The van der Waals surface area contributed by atoms with Crippen molar-refractivity contribution in [1.82, 2.24) is 20.7 Å². The van der Waals surface area contributed by atoms with Gasteiger partial charge in [-0.15, -0.1) is 0 Å². The molecule has 6 N–H and O–H groups in total. The number of hydrogen-bond donors (Lipinski definition) is 6. The second-order valence-corrected chi connectivity index (χ2v) is 6.59. The SMILES string of the molecule is O=C(O)CCC(NC(=O)N(O)C(CCCCNC(=O)c1ccc(F)nc1)C(=O)O)C(=O)O. The molecule has 0 aliphatic carbocycles. The summed E-state index contributed by atoms with van der Waals surface area (Å²) in [5.41, 5.74) is 0.129. The predicted octanol–water partition coefficient (Wildman–Crippen LogP) is 0.293. The van der Waals surface area contributed by atoms with E-state index in [2.05, 4.69) is 10.3 Å². The lowest BCUT2D eigenvalue weighted by molar-refractivity contribution is -0.157. The number of rotatable bonds is 13. The largest absolute Gasteiger partial charge is 0.481 e. The van der Waals surface area contributed by atoms with Crippen LogP contribution in [0.15, 0.2) is 18.3 Å². The number of carboxylic acids is 3. The molecule has 0 spiro atoms. The molecule has 0 bridgehead atoms. The summed E-state index contributed by atoms with van der Waals surface area (Å²) in [4.78, 5) is 60.3. The number of pyridine rings is 1. The highest BCUT2D eigenvalue weighted by molar-refractivity contribution is 5.93. The van der Waals surface area contributed by atoms with E-state index in [0.717, 1.165) is 12.3 Å². The standard InChI is InChI=1S/C18H23FN4O9/c19-13-6-4-10(9-21-13)15(26)20-8-2-1-3-12(17(29)30)23(32)18(31)22-11(16(27)28)5-7-14(24)25/h4,6,9,11-12,32H,1-3,5,7-8H2,(H,20,26)(H,22,31)(H,24,25)(H,27,28)(H,29,30). The summed E-state index contributed by atoms with van der Waals surface area (Å²) in [5.74, 6) is -5.65. The summed E-state index contributed by atoms with van der Waals surface area (Å²) < 4.78 is 12.7. The van der Waals surface area contributed by atoms with E-state index in [9.17, 15) is 38.7 Å². The first kappa shape index (κ1) is 26.2. The van der Waals surface area contributed by atoms with Gasteiger partial charge in [0.1, 0.15) is 6.04 Å².